The first-order chi connectivity index (χ1) is 5.79. The Kier molecular flexibility index (Phi) is 3.01. The molecule has 0 fully saturated rings. The average Bonchev–Trinajstić information content (AvgIpc) is 2.09. The van der Waals surface area contributed by atoms with E-state index in [0.29, 0.717) is 12.1 Å². The largest absolute Gasteiger partial charge is 0.395 e. The molecule has 4 nitrogen and oxygen atoms in total. The van der Waals surface area contributed by atoms with E-state index in [1.807, 2.05) is 0 Å². The van der Waals surface area contributed by atoms with Crippen LogP contribution in [0.25, 0.3) is 0 Å². The molecule has 0 bridgehead atoms. The van der Waals surface area contributed by atoms with Crippen LogP contribution in [-0.4, -0.2) is 16.3 Å². The van der Waals surface area contributed by atoms with Gasteiger partial charge in [-0.05, 0) is 6.07 Å². The first-order valence-electron chi connectivity index (χ1n) is 3.79. The maximum atomic E-state index is 11.4. The van der Waals surface area contributed by atoms with Gasteiger partial charge in [-0.2, -0.15) is 0 Å². The maximum absolute atomic E-state index is 11.4. The second-order valence-electron chi connectivity index (χ2n) is 2.46. The van der Waals surface area contributed by atoms with Gasteiger partial charge < -0.3 is 15.4 Å². The van der Waals surface area contributed by atoms with Crippen LogP contribution in [0.5, 0.6) is 0 Å². The van der Waals surface area contributed by atoms with Crippen molar-refractivity contribution in [2.45, 2.75) is 13.1 Å². The SMILES string of the molecule is NCc1cccn(CCO)c1=O. The molecule has 66 valence electrons. The van der Waals surface area contributed by atoms with Crippen molar-refractivity contribution >= 4 is 0 Å². The fourth-order valence-electron chi connectivity index (χ4n) is 1.03. The van der Waals surface area contributed by atoms with E-state index in [4.69, 9.17) is 10.8 Å². The van der Waals surface area contributed by atoms with Crippen molar-refractivity contribution in [3.8, 4) is 0 Å². The molecule has 0 aliphatic heterocycles. The van der Waals surface area contributed by atoms with Gasteiger partial charge in [0.2, 0.25) is 0 Å². The minimum absolute atomic E-state index is 0.0338. The van der Waals surface area contributed by atoms with Gasteiger partial charge in [-0.15, -0.1) is 0 Å². The van der Waals surface area contributed by atoms with E-state index < -0.39 is 0 Å². The van der Waals surface area contributed by atoms with Gasteiger partial charge in [0.05, 0.1) is 6.61 Å². The first kappa shape index (κ1) is 8.96. The van der Waals surface area contributed by atoms with Gasteiger partial charge in [0.15, 0.2) is 0 Å². The third kappa shape index (κ3) is 1.72. The number of rotatable bonds is 3. The minimum atomic E-state index is -0.117. The van der Waals surface area contributed by atoms with Crippen molar-refractivity contribution < 1.29 is 5.11 Å². The van der Waals surface area contributed by atoms with E-state index in [2.05, 4.69) is 0 Å². The smallest absolute Gasteiger partial charge is 0.255 e. The van der Waals surface area contributed by atoms with E-state index in [-0.39, 0.29) is 18.7 Å². The normalized spacial score (nSPS) is 10.2. The van der Waals surface area contributed by atoms with Crippen LogP contribution in [0.2, 0.25) is 0 Å². The van der Waals surface area contributed by atoms with Crippen molar-refractivity contribution in [3.63, 3.8) is 0 Å². The quantitative estimate of drug-likeness (QED) is 0.627. The van der Waals surface area contributed by atoms with Crippen molar-refractivity contribution in [2.75, 3.05) is 6.61 Å². The third-order valence-corrected chi connectivity index (χ3v) is 1.66. The molecule has 1 rings (SSSR count). The Balaban J connectivity index is 3.06. The van der Waals surface area contributed by atoms with E-state index in [1.54, 1.807) is 18.3 Å². The second-order valence-corrected chi connectivity index (χ2v) is 2.46. The molecule has 0 aliphatic rings. The van der Waals surface area contributed by atoms with E-state index in [0.717, 1.165) is 0 Å². The number of hydrogen-bond acceptors (Lipinski definition) is 3. The zero-order valence-corrected chi connectivity index (χ0v) is 6.73. The third-order valence-electron chi connectivity index (χ3n) is 1.66. The summed E-state index contributed by atoms with van der Waals surface area (Å²) in [5, 5.41) is 8.62. The van der Waals surface area contributed by atoms with Crippen molar-refractivity contribution in [1.82, 2.24) is 4.57 Å². The molecule has 0 spiro atoms. The summed E-state index contributed by atoms with van der Waals surface area (Å²) in [4.78, 5) is 11.4. The van der Waals surface area contributed by atoms with Gasteiger partial charge in [0.1, 0.15) is 0 Å². The summed E-state index contributed by atoms with van der Waals surface area (Å²) < 4.78 is 1.45. The van der Waals surface area contributed by atoms with Crippen LogP contribution in [0, 0.1) is 0 Å². The summed E-state index contributed by atoms with van der Waals surface area (Å²) in [5.74, 6) is 0. The van der Waals surface area contributed by atoms with E-state index >= 15 is 0 Å². The average molecular weight is 168 g/mol. The molecule has 1 heterocycles. The minimum Gasteiger partial charge on any atom is -0.395 e. The summed E-state index contributed by atoms with van der Waals surface area (Å²) in [6, 6.07) is 3.44. The lowest BCUT2D eigenvalue weighted by Crippen LogP contribution is -2.25. The summed E-state index contributed by atoms with van der Waals surface area (Å²) in [6.45, 7) is 0.533. The van der Waals surface area contributed by atoms with Crippen molar-refractivity contribution in [1.29, 1.82) is 0 Å². The molecular formula is C8H12N2O2. The van der Waals surface area contributed by atoms with Crippen LogP contribution in [0.1, 0.15) is 5.56 Å². The van der Waals surface area contributed by atoms with Gasteiger partial charge in [-0.1, -0.05) is 6.07 Å². The molecule has 12 heavy (non-hydrogen) atoms. The molecule has 1 aromatic heterocycles. The number of aliphatic hydroxyl groups is 1. The number of pyridine rings is 1. The van der Waals surface area contributed by atoms with Crippen LogP contribution in [0.15, 0.2) is 23.1 Å². The van der Waals surface area contributed by atoms with Crippen LogP contribution in [0.3, 0.4) is 0 Å². The molecule has 1 aromatic rings. The first-order valence-corrected chi connectivity index (χ1v) is 3.79. The molecule has 0 amide bonds. The number of hydrogen-bond donors (Lipinski definition) is 2. The van der Waals surface area contributed by atoms with E-state index in [1.165, 1.54) is 4.57 Å². The molecule has 0 atom stereocenters. The van der Waals surface area contributed by atoms with Gasteiger partial charge >= 0.3 is 0 Å². The number of nitrogens with zero attached hydrogens (tertiary/aromatic N) is 1. The number of nitrogens with two attached hydrogens (primary N) is 1. The van der Waals surface area contributed by atoms with Crippen LogP contribution in [0.4, 0.5) is 0 Å². The highest BCUT2D eigenvalue weighted by molar-refractivity contribution is 5.09. The molecule has 0 radical (unpaired) electrons. The Labute approximate surface area is 70.3 Å². The van der Waals surface area contributed by atoms with Crippen LogP contribution in [-0.2, 0) is 13.1 Å². The second kappa shape index (κ2) is 4.04. The Morgan fingerprint density at radius 3 is 2.92 bits per heavy atom. The molecule has 0 saturated heterocycles. The molecule has 0 saturated carbocycles. The Morgan fingerprint density at radius 1 is 1.58 bits per heavy atom. The predicted octanol–water partition coefficient (Wildman–Crippen LogP) is -0.701. The monoisotopic (exact) mass is 168 g/mol. The van der Waals surface area contributed by atoms with Crippen LogP contribution < -0.4 is 11.3 Å². The highest BCUT2D eigenvalue weighted by Gasteiger charge is 1.99. The highest BCUT2D eigenvalue weighted by Crippen LogP contribution is 1.89. The summed E-state index contributed by atoms with van der Waals surface area (Å²) in [6.07, 6.45) is 1.64. The fourth-order valence-corrected chi connectivity index (χ4v) is 1.03. The Hall–Kier alpha value is -1.13. The predicted molar refractivity (Wildman–Crippen MR) is 45.7 cm³/mol. The lowest BCUT2D eigenvalue weighted by atomic mass is 10.3. The standard InChI is InChI=1S/C8H12N2O2/c9-6-7-2-1-3-10(4-5-11)8(7)12/h1-3,11H,4-6,9H2. The molecule has 0 aliphatic carbocycles. The molecule has 0 unspecified atom stereocenters. The number of aliphatic hydroxyl groups excluding tert-OH is 1. The number of aromatic nitrogens is 1. The zero-order valence-electron chi connectivity index (χ0n) is 6.73. The molecule has 3 N–H and O–H groups in total. The summed E-state index contributed by atoms with van der Waals surface area (Å²) in [5.41, 5.74) is 5.80. The lowest BCUT2D eigenvalue weighted by molar-refractivity contribution is 0.274. The van der Waals surface area contributed by atoms with Gasteiger partial charge in [-0.3, -0.25) is 4.79 Å². The van der Waals surface area contributed by atoms with Crippen molar-refractivity contribution in [2.24, 2.45) is 5.73 Å². The maximum Gasteiger partial charge on any atom is 0.255 e. The summed E-state index contributed by atoms with van der Waals surface area (Å²) >= 11 is 0. The van der Waals surface area contributed by atoms with E-state index in [9.17, 15) is 4.79 Å². The molecular weight excluding hydrogens is 156 g/mol. The topological polar surface area (TPSA) is 68.2 Å². The molecule has 0 aromatic carbocycles. The van der Waals surface area contributed by atoms with Gasteiger partial charge in [0, 0.05) is 24.8 Å². The lowest BCUT2D eigenvalue weighted by Gasteiger charge is -2.03. The van der Waals surface area contributed by atoms with Gasteiger partial charge in [-0.25, -0.2) is 0 Å². The van der Waals surface area contributed by atoms with Crippen molar-refractivity contribution in [3.05, 3.63) is 34.2 Å². The Bertz CT molecular complexity index is 306. The molecule has 4 heteroatoms. The highest BCUT2D eigenvalue weighted by atomic mass is 16.3. The zero-order chi connectivity index (χ0) is 8.97. The Morgan fingerprint density at radius 2 is 2.33 bits per heavy atom. The fraction of sp³-hybridized carbons (Fsp3) is 0.375. The van der Waals surface area contributed by atoms with Crippen LogP contribution >= 0.6 is 0 Å². The summed E-state index contributed by atoms with van der Waals surface area (Å²) in [7, 11) is 0. The van der Waals surface area contributed by atoms with Gasteiger partial charge in [0.25, 0.3) is 5.56 Å².